The molecule has 0 amide bonds. The van der Waals surface area contributed by atoms with E-state index in [-0.39, 0.29) is 6.04 Å². The van der Waals surface area contributed by atoms with E-state index in [2.05, 4.69) is 5.32 Å². The predicted octanol–water partition coefficient (Wildman–Crippen LogP) is 2.52. The van der Waals surface area contributed by atoms with Crippen LogP contribution >= 0.6 is 11.6 Å². The zero-order chi connectivity index (χ0) is 9.84. The second kappa shape index (κ2) is 4.49. The first-order valence-electron chi connectivity index (χ1n) is 4.30. The van der Waals surface area contributed by atoms with Crippen LogP contribution in [0, 0.1) is 0 Å². The molecule has 2 N–H and O–H groups in total. The molecule has 72 valence electrons. The zero-order valence-corrected chi connectivity index (χ0v) is 8.55. The van der Waals surface area contributed by atoms with Gasteiger partial charge in [-0.3, -0.25) is 0 Å². The molecule has 1 rings (SSSR count). The van der Waals surface area contributed by atoms with E-state index in [1.54, 1.807) is 6.92 Å². The van der Waals surface area contributed by atoms with E-state index < -0.39 is 6.10 Å². The van der Waals surface area contributed by atoms with Crippen LogP contribution in [0.4, 0.5) is 5.69 Å². The lowest BCUT2D eigenvalue weighted by Crippen LogP contribution is -2.27. The van der Waals surface area contributed by atoms with Gasteiger partial charge in [0, 0.05) is 6.04 Å². The Hall–Kier alpha value is -0.730. The average molecular weight is 200 g/mol. The summed E-state index contributed by atoms with van der Waals surface area (Å²) in [6.07, 6.45) is -0.392. The lowest BCUT2D eigenvalue weighted by Gasteiger charge is -2.18. The Labute approximate surface area is 83.5 Å². The van der Waals surface area contributed by atoms with Crippen molar-refractivity contribution in [2.24, 2.45) is 0 Å². The van der Waals surface area contributed by atoms with Crippen molar-refractivity contribution in [3.63, 3.8) is 0 Å². The highest BCUT2D eigenvalue weighted by atomic mass is 35.5. The molecule has 2 nitrogen and oxygen atoms in total. The minimum Gasteiger partial charge on any atom is -0.391 e. The minimum absolute atomic E-state index is 0.0000926. The van der Waals surface area contributed by atoms with Crippen molar-refractivity contribution in [3.05, 3.63) is 29.3 Å². The SMILES string of the molecule is C[C@H](Nc1ccccc1Cl)[C@@H](C)O. The Morgan fingerprint density at radius 1 is 1.31 bits per heavy atom. The van der Waals surface area contributed by atoms with Crippen molar-refractivity contribution in [2.75, 3.05) is 5.32 Å². The third kappa shape index (κ3) is 2.90. The Morgan fingerprint density at radius 2 is 1.92 bits per heavy atom. The molecule has 0 saturated carbocycles. The van der Waals surface area contributed by atoms with Crippen molar-refractivity contribution >= 4 is 17.3 Å². The fourth-order valence-corrected chi connectivity index (χ4v) is 1.13. The number of nitrogens with one attached hydrogen (secondary N) is 1. The molecular formula is C10H14ClNO. The molecule has 0 spiro atoms. The van der Waals surface area contributed by atoms with Gasteiger partial charge in [0.25, 0.3) is 0 Å². The summed E-state index contributed by atoms with van der Waals surface area (Å²) in [6.45, 7) is 3.66. The van der Waals surface area contributed by atoms with Gasteiger partial charge in [-0.1, -0.05) is 23.7 Å². The first kappa shape index (κ1) is 10.4. The van der Waals surface area contributed by atoms with Gasteiger partial charge in [0.15, 0.2) is 0 Å². The molecule has 2 atom stereocenters. The average Bonchev–Trinajstić information content (AvgIpc) is 2.08. The monoisotopic (exact) mass is 199 g/mol. The zero-order valence-electron chi connectivity index (χ0n) is 7.79. The molecule has 0 heterocycles. The molecule has 0 fully saturated rings. The number of aliphatic hydroxyl groups is 1. The van der Waals surface area contributed by atoms with Crippen LogP contribution in [-0.4, -0.2) is 17.3 Å². The van der Waals surface area contributed by atoms with E-state index in [9.17, 15) is 5.11 Å². The fourth-order valence-electron chi connectivity index (χ4n) is 0.944. The summed E-state index contributed by atoms with van der Waals surface area (Å²) in [6, 6.07) is 7.49. The van der Waals surface area contributed by atoms with Crippen LogP contribution in [0.1, 0.15) is 13.8 Å². The largest absolute Gasteiger partial charge is 0.391 e. The highest BCUT2D eigenvalue weighted by Crippen LogP contribution is 2.21. The quantitative estimate of drug-likeness (QED) is 0.784. The van der Waals surface area contributed by atoms with E-state index in [0.29, 0.717) is 5.02 Å². The summed E-state index contributed by atoms with van der Waals surface area (Å²) in [5, 5.41) is 13.1. The number of rotatable bonds is 3. The topological polar surface area (TPSA) is 32.3 Å². The molecule has 13 heavy (non-hydrogen) atoms. The summed E-state index contributed by atoms with van der Waals surface area (Å²) < 4.78 is 0. The van der Waals surface area contributed by atoms with E-state index in [0.717, 1.165) is 5.69 Å². The Balaban J connectivity index is 2.69. The third-order valence-corrected chi connectivity index (χ3v) is 2.31. The van der Waals surface area contributed by atoms with E-state index in [1.165, 1.54) is 0 Å². The number of halogens is 1. The summed E-state index contributed by atoms with van der Waals surface area (Å²) >= 11 is 5.93. The number of hydrogen-bond acceptors (Lipinski definition) is 2. The van der Waals surface area contributed by atoms with Crippen LogP contribution in [0.2, 0.25) is 5.02 Å². The standard InChI is InChI=1S/C10H14ClNO/c1-7(8(2)13)12-10-6-4-3-5-9(10)11/h3-8,12-13H,1-2H3/t7-,8+/m0/s1. The highest BCUT2D eigenvalue weighted by molar-refractivity contribution is 6.33. The normalized spacial score (nSPS) is 15.1. The van der Waals surface area contributed by atoms with Gasteiger partial charge in [-0.05, 0) is 26.0 Å². The summed E-state index contributed by atoms with van der Waals surface area (Å²) in [5.74, 6) is 0. The molecule has 3 heteroatoms. The summed E-state index contributed by atoms with van der Waals surface area (Å²) in [7, 11) is 0. The van der Waals surface area contributed by atoms with Crippen molar-refractivity contribution in [1.82, 2.24) is 0 Å². The minimum atomic E-state index is -0.392. The lowest BCUT2D eigenvalue weighted by molar-refractivity contribution is 0.178. The van der Waals surface area contributed by atoms with Crippen LogP contribution in [-0.2, 0) is 0 Å². The molecule has 0 radical (unpaired) electrons. The predicted molar refractivity (Wildman–Crippen MR) is 56.2 cm³/mol. The van der Waals surface area contributed by atoms with Crippen LogP contribution in [0.25, 0.3) is 0 Å². The molecule has 1 aromatic rings. The van der Waals surface area contributed by atoms with Gasteiger partial charge in [-0.25, -0.2) is 0 Å². The smallest absolute Gasteiger partial charge is 0.0710 e. The van der Waals surface area contributed by atoms with Crippen LogP contribution in [0.3, 0.4) is 0 Å². The van der Waals surface area contributed by atoms with Gasteiger partial charge in [0.05, 0.1) is 16.8 Å². The maximum atomic E-state index is 9.27. The number of para-hydroxylation sites is 1. The number of aliphatic hydroxyl groups excluding tert-OH is 1. The molecule has 0 aliphatic rings. The van der Waals surface area contributed by atoms with Crippen LogP contribution in [0.5, 0.6) is 0 Å². The van der Waals surface area contributed by atoms with Crippen molar-refractivity contribution in [1.29, 1.82) is 0 Å². The molecule has 0 unspecified atom stereocenters. The summed E-state index contributed by atoms with van der Waals surface area (Å²) in [5.41, 5.74) is 0.859. The van der Waals surface area contributed by atoms with Gasteiger partial charge < -0.3 is 10.4 Å². The van der Waals surface area contributed by atoms with Crippen molar-refractivity contribution in [2.45, 2.75) is 26.0 Å². The number of benzene rings is 1. The van der Waals surface area contributed by atoms with Gasteiger partial charge >= 0.3 is 0 Å². The molecule has 0 aliphatic carbocycles. The Morgan fingerprint density at radius 3 is 2.46 bits per heavy atom. The highest BCUT2D eigenvalue weighted by Gasteiger charge is 2.09. The molecule has 1 aromatic carbocycles. The fraction of sp³-hybridized carbons (Fsp3) is 0.400. The number of anilines is 1. The first-order valence-corrected chi connectivity index (χ1v) is 4.68. The van der Waals surface area contributed by atoms with E-state index in [4.69, 9.17) is 11.6 Å². The van der Waals surface area contributed by atoms with E-state index >= 15 is 0 Å². The van der Waals surface area contributed by atoms with Crippen LogP contribution in [0.15, 0.2) is 24.3 Å². The third-order valence-electron chi connectivity index (χ3n) is 1.98. The van der Waals surface area contributed by atoms with Gasteiger partial charge in [0.1, 0.15) is 0 Å². The molecule has 0 saturated heterocycles. The first-order chi connectivity index (χ1) is 6.11. The molecule has 0 aliphatic heterocycles. The molecule has 0 bridgehead atoms. The lowest BCUT2D eigenvalue weighted by atomic mass is 10.2. The molecule has 0 aromatic heterocycles. The second-order valence-electron chi connectivity index (χ2n) is 3.15. The van der Waals surface area contributed by atoms with Crippen molar-refractivity contribution < 1.29 is 5.11 Å². The van der Waals surface area contributed by atoms with Gasteiger partial charge in [0.2, 0.25) is 0 Å². The Bertz CT molecular complexity index is 275. The van der Waals surface area contributed by atoms with E-state index in [1.807, 2.05) is 31.2 Å². The van der Waals surface area contributed by atoms with Gasteiger partial charge in [-0.2, -0.15) is 0 Å². The summed E-state index contributed by atoms with van der Waals surface area (Å²) in [4.78, 5) is 0. The van der Waals surface area contributed by atoms with Crippen LogP contribution < -0.4 is 5.32 Å². The Kier molecular flexibility index (Phi) is 3.58. The van der Waals surface area contributed by atoms with Gasteiger partial charge in [-0.15, -0.1) is 0 Å². The maximum Gasteiger partial charge on any atom is 0.0710 e. The molecular weight excluding hydrogens is 186 g/mol. The second-order valence-corrected chi connectivity index (χ2v) is 3.56. The number of hydrogen-bond donors (Lipinski definition) is 2. The maximum absolute atomic E-state index is 9.27. The van der Waals surface area contributed by atoms with Crippen molar-refractivity contribution in [3.8, 4) is 0 Å².